The van der Waals surface area contributed by atoms with Gasteiger partial charge in [0.2, 0.25) is 5.60 Å². The van der Waals surface area contributed by atoms with E-state index in [0.29, 0.717) is 12.1 Å². The molecule has 5 nitrogen and oxygen atoms in total. The van der Waals surface area contributed by atoms with Crippen LogP contribution in [0.4, 0.5) is 5.69 Å². The number of rotatable bonds is 4. The number of esters is 2. The summed E-state index contributed by atoms with van der Waals surface area (Å²) in [6.07, 6.45) is 0.748. The minimum atomic E-state index is -1.31. The molecular weight excluding hydrogens is 330 g/mol. The van der Waals surface area contributed by atoms with Crippen LogP contribution in [0.2, 0.25) is 0 Å². The van der Waals surface area contributed by atoms with Gasteiger partial charge in [0.25, 0.3) is 0 Å². The minimum Gasteiger partial charge on any atom is -0.463 e. The Balaban J connectivity index is 1.75. The molecule has 0 spiro atoms. The molecule has 0 saturated carbocycles. The highest BCUT2D eigenvalue weighted by molar-refractivity contribution is 5.94. The van der Waals surface area contributed by atoms with E-state index in [9.17, 15) is 9.59 Å². The van der Waals surface area contributed by atoms with Crippen LogP contribution < -0.4 is 4.90 Å². The molecule has 26 heavy (non-hydrogen) atoms. The number of hydrogen-bond donors (Lipinski definition) is 0. The van der Waals surface area contributed by atoms with E-state index < -0.39 is 17.5 Å². The summed E-state index contributed by atoms with van der Waals surface area (Å²) in [6.45, 7) is 3.18. The lowest BCUT2D eigenvalue weighted by Crippen LogP contribution is -2.63. The number of anilines is 1. The van der Waals surface area contributed by atoms with E-state index in [4.69, 9.17) is 9.47 Å². The molecule has 0 amide bonds. The minimum absolute atomic E-state index is 0.199. The molecule has 5 heteroatoms. The highest BCUT2D eigenvalue weighted by Gasteiger charge is 2.58. The topological polar surface area (TPSA) is 55.8 Å². The summed E-state index contributed by atoms with van der Waals surface area (Å²) >= 11 is 0. The highest BCUT2D eigenvalue weighted by Crippen LogP contribution is 2.49. The first-order chi connectivity index (χ1) is 12.7. The van der Waals surface area contributed by atoms with Crippen molar-refractivity contribution in [1.29, 1.82) is 0 Å². The fourth-order valence-corrected chi connectivity index (χ4v) is 4.08. The molecule has 3 aliphatic rings. The monoisotopic (exact) mass is 351 g/mol. The maximum atomic E-state index is 13.0. The van der Waals surface area contributed by atoms with E-state index in [1.165, 1.54) is 0 Å². The Morgan fingerprint density at radius 1 is 1.12 bits per heavy atom. The summed E-state index contributed by atoms with van der Waals surface area (Å²) < 4.78 is 11.3. The predicted molar refractivity (Wildman–Crippen MR) is 97.2 cm³/mol. The van der Waals surface area contributed by atoms with Crippen LogP contribution in [0.3, 0.4) is 0 Å². The van der Waals surface area contributed by atoms with Crippen LogP contribution in [-0.2, 0) is 14.3 Å². The van der Waals surface area contributed by atoms with Crippen molar-refractivity contribution in [3.63, 3.8) is 0 Å². The standard InChI is InChI=1S/C21H21NO4/c1-2-25-20(24)21(26-19(23)15-8-4-3-5-9-15)14-22-13-12-17(21)16-10-6-7-11-18(16)22/h3-11,17H,2,12-14H2,1H3. The second-order valence-electron chi connectivity index (χ2n) is 6.69. The molecule has 2 aromatic rings. The molecule has 5 rings (SSSR count). The number of carbonyl (C=O) groups excluding carboxylic acids is 2. The Labute approximate surface area is 152 Å². The van der Waals surface area contributed by atoms with E-state index in [1.807, 2.05) is 24.3 Å². The molecule has 0 N–H and O–H groups in total. The van der Waals surface area contributed by atoms with Gasteiger partial charge < -0.3 is 14.4 Å². The number of fused-ring (bicyclic) bond motifs is 2. The number of nitrogens with zero attached hydrogens (tertiary/aromatic N) is 1. The van der Waals surface area contributed by atoms with Gasteiger partial charge in [-0.3, -0.25) is 0 Å². The van der Waals surface area contributed by atoms with Crippen LogP contribution in [-0.4, -0.2) is 37.2 Å². The van der Waals surface area contributed by atoms with Crippen LogP contribution in [0.5, 0.6) is 0 Å². The van der Waals surface area contributed by atoms with E-state index >= 15 is 0 Å². The smallest absolute Gasteiger partial charge is 0.353 e. The molecular formula is C21H21NO4. The molecule has 2 aromatic carbocycles. The maximum absolute atomic E-state index is 13.0. The van der Waals surface area contributed by atoms with Crippen molar-refractivity contribution in [2.24, 2.45) is 0 Å². The van der Waals surface area contributed by atoms with Crippen molar-refractivity contribution in [2.45, 2.75) is 24.9 Å². The van der Waals surface area contributed by atoms with Crippen LogP contribution in [0.1, 0.15) is 35.2 Å². The molecule has 0 aromatic heterocycles. The van der Waals surface area contributed by atoms with E-state index in [2.05, 4.69) is 11.0 Å². The average molecular weight is 351 g/mol. The van der Waals surface area contributed by atoms with Gasteiger partial charge in [-0.2, -0.15) is 0 Å². The largest absolute Gasteiger partial charge is 0.463 e. The number of carbonyl (C=O) groups is 2. The van der Waals surface area contributed by atoms with Crippen molar-refractivity contribution in [2.75, 3.05) is 24.6 Å². The normalized spacial score (nSPS) is 23.3. The summed E-state index contributed by atoms with van der Waals surface area (Å²) in [7, 11) is 0. The molecule has 0 aliphatic carbocycles. The lowest BCUT2D eigenvalue weighted by Gasteiger charge is -2.51. The predicted octanol–water partition coefficient (Wildman–Crippen LogP) is 3.15. The van der Waals surface area contributed by atoms with E-state index in [0.717, 1.165) is 24.2 Å². The van der Waals surface area contributed by atoms with Crippen molar-refractivity contribution in [3.8, 4) is 0 Å². The molecule has 3 aliphatic heterocycles. The molecule has 2 unspecified atom stereocenters. The second kappa shape index (κ2) is 6.48. The Bertz CT molecular complexity index is 835. The number of benzene rings is 2. The zero-order valence-electron chi connectivity index (χ0n) is 14.7. The van der Waals surface area contributed by atoms with Crippen LogP contribution in [0, 0.1) is 0 Å². The fourth-order valence-electron chi connectivity index (χ4n) is 4.08. The lowest BCUT2D eigenvalue weighted by atomic mass is 9.72. The van der Waals surface area contributed by atoms with Gasteiger partial charge in [-0.25, -0.2) is 9.59 Å². The third-order valence-corrected chi connectivity index (χ3v) is 5.23. The lowest BCUT2D eigenvalue weighted by molar-refractivity contribution is -0.169. The molecule has 1 fully saturated rings. The van der Waals surface area contributed by atoms with Gasteiger partial charge in [0.05, 0.1) is 18.7 Å². The fraction of sp³-hybridized carbons (Fsp3) is 0.333. The van der Waals surface area contributed by atoms with Gasteiger partial charge in [-0.1, -0.05) is 36.4 Å². The van der Waals surface area contributed by atoms with Gasteiger partial charge in [0.1, 0.15) is 0 Å². The Hall–Kier alpha value is -2.82. The maximum Gasteiger partial charge on any atom is 0.353 e. The number of piperidine rings is 1. The highest BCUT2D eigenvalue weighted by atomic mass is 16.6. The van der Waals surface area contributed by atoms with Gasteiger partial charge >= 0.3 is 11.9 Å². The van der Waals surface area contributed by atoms with Crippen molar-refractivity contribution in [1.82, 2.24) is 0 Å². The zero-order chi connectivity index (χ0) is 18.1. The first-order valence-corrected chi connectivity index (χ1v) is 8.95. The number of para-hydroxylation sites is 1. The van der Waals surface area contributed by atoms with E-state index in [-0.39, 0.29) is 12.5 Å². The number of hydrogen-bond acceptors (Lipinski definition) is 5. The van der Waals surface area contributed by atoms with Gasteiger partial charge in [-0.15, -0.1) is 0 Å². The first kappa shape index (κ1) is 16.6. The summed E-state index contributed by atoms with van der Waals surface area (Å²) in [6, 6.07) is 16.8. The molecule has 2 bridgehead atoms. The molecule has 0 radical (unpaired) electrons. The average Bonchev–Trinajstić information content (AvgIpc) is 2.69. The summed E-state index contributed by atoms with van der Waals surface area (Å²) in [5, 5.41) is 0. The zero-order valence-corrected chi connectivity index (χ0v) is 14.7. The van der Waals surface area contributed by atoms with Crippen LogP contribution in [0.25, 0.3) is 0 Å². The Morgan fingerprint density at radius 3 is 2.62 bits per heavy atom. The molecule has 2 atom stereocenters. The van der Waals surface area contributed by atoms with Gasteiger partial charge in [0.15, 0.2) is 0 Å². The molecule has 1 saturated heterocycles. The van der Waals surface area contributed by atoms with Crippen molar-refractivity contribution >= 4 is 17.6 Å². The summed E-state index contributed by atoms with van der Waals surface area (Å²) in [4.78, 5) is 27.8. The third kappa shape index (κ3) is 2.55. The Morgan fingerprint density at radius 2 is 1.85 bits per heavy atom. The van der Waals surface area contributed by atoms with Gasteiger partial charge in [0, 0.05) is 18.2 Å². The van der Waals surface area contributed by atoms with E-state index in [1.54, 1.807) is 31.2 Å². The molecule has 134 valence electrons. The first-order valence-electron chi connectivity index (χ1n) is 8.95. The van der Waals surface area contributed by atoms with Crippen molar-refractivity contribution < 1.29 is 19.1 Å². The van der Waals surface area contributed by atoms with Crippen LogP contribution >= 0.6 is 0 Å². The second-order valence-corrected chi connectivity index (χ2v) is 6.69. The summed E-state index contributed by atoms with van der Waals surface area (Å²) in [5.74, 6) is -1.16. The SMILES string of the molecule is CCOC(=O)C1(OC(=O)c2ccccc2)CN2CCC1c1ccccc12. The van der Waals surface area contributed by atoms with Crippen molar-refractivity contribution in [3.05, 3.63) is 65.7 Å². The Kier molecular flexibility index (Phi) is 4.15. The van der Waals surface area contributed by atoms with Crippen LogP contribution in [0.15, 0.2) is 54.6 Å². The number of ether oxygens (including phenoxy) is 2. The quantitative estimate of drug-likeness (QED) is 0.792. The molecule has 3 heterocycles. The summed E-state index contributed by atoms with van der Waals surface area (Å²) in [5.41, 5.74) is 1.27. The third-order valence-electron chi connectivity index (χ3n) is 5.23. The van der Waals surface area contributed by atoms with Gasteiger partial charge in [-0.05, 0) is 37.1 Å².